The van der Waals surface area contributed by atoms with E-state index in [1.165, 1.54) is 10.6 Å². The van der Waals surface area contributed by atoms with Gasteiger partial charge in [-0.3, -0.25) is 9.78 Å². The SMILES string of the molecule is CS(=O)(=O)N1CC[C@@H]2O[C@H](C(=O)NCc3ccccn3)CC[C@@H]21. The second-order valence-corrected chi connectivity index (χ2v) is 7.94. The zero-order chi connectivity index (χ0) is 16.4. The summed E-state index contributed by atoms with van der Waals surface area (Å²) in [4.78, 5) is 16.4. The van der Waals surface area contributed by atoms with E-state index in [1.807, 2.05) is 18.2 Å². The fourth-order valence-electron chi connectivity index (χ4n) is 3.29. The number of ether oxygens (including phenoxy) is 1. The highest BCUT2D eigenvalue weighted by Crippen LogP contribution is 2.32. The summed E-state index contributed by atoms with van der Waals surface area (Å²) in [5.74, 6) is -0.160. The molecule has 3 heterocycles. The summed E-state index contributed by atoms with van der Waals surface area (Å²) in [7, 11) is -3.21. The van der Waals surface area contributed by atoms with E-state index in [2.05, 4.69) is 10.3 Å². The normalized spacial score (nSPS) is 28.3. The molecule has 0 radical (unpaired) electrons. The van der Waals surface area contributed by atoms with Gasteiger partial charge in [0.1, 0.15) is 6.10 Å². The zero-order valence-electron chi connectivity index (χ0n) is 13.0. The third-order valence-electron chi connectivity index (χ3n) is 4.39. The van der Waals surface area contributed by atoms with Gasteiger partial charge in [-0.2, -0.15) is 4.31 Å². The van der Waals surface area contributed by atoms with Crippen molar-refractivity contribution in [2.75, 3.05) is 12.8 Å². The zero-order valence-corrected chi connectivity index (χ0v) is 13.8. The second-order valence-electron chi connectivity index (χ2n) is 6.01. The Hall–Kier alpha value is -1.51. The van der Waals surface area contributed by atoms with Gasteiger partial charge < -0.3 is 10.1 Å². The van der Waals surface area contributed by atoms with E-state index < -0.39 is 16.1 Å². The molecule has 2 saturated heterocycles. The van der Waals surface area contributed by atoms with Gasteiger partial charge in [0.05, 0.1) is 30.6 Å². The van der Waals surface area contributed by atoms with Gasteiger partial charge in [-0.15, -0.1) is 0 Å². The van der Waals surface area contributed by atoms with Crippen LogP contribution in [-0.2, 0) is 26.1 Å². The first-order valence-electron chi connectivity index (χ1n) is 7.75. The van der Waals surface area contributed by atoms with Crippen molar-refractivity contribution in [2.45, 2.75) is 44.1 Å². The number of fused-ring (bicyclic) bond motifs is 1. The maximum Gasteiger partial charge on any atom is 0.249 e. The van der Waals surface area contributed by atoms with Crippen LogP contribution in [0.25, 0.3) is 0 Å². The molecule has 2 aliphatic heterocycles. The van der Waals surface area contributed by atoms with Crippen LogP contribution in [0.3, 0.4) is 0 Å². The summed E-state index contributed by atoms with van der Waals surface area (Å²) in [6, 6.07) is 5.40. The van der Waals surface area contributed by atoms with Crippen molar-refractivity contribution in [2.24, 2.45) is 0 Å². The lowest BCUT2D eigenvalue weighted by molar-refractivity contribution is -0.143. The summed E-state index contributed by atoms with van der Waals surface area (Å²) >= 11 is 0. The molecule has 1 aromatic rings. The standard InChI is InChI=1S/C15H21N3O4S/c1-23(20,21)18-9-7-13-12(18)5-6-14(22-13)15(19)17-10-11-4-2-3-8-16-11/h2-4,8,12-14H,5-7,9-10H2,1H3,(H,17,19)/t12-,13-,14-/m0/s1. The van der Waals surface area contributed by atoms with Crippen LogP contribution in [0.4, 0.5) is 0 Å². The minimum absolute atomic E-state index is 0.134. The third kappa shape index (κ3) is 3.70. The van der Waals surface area contributed by atoms with E-state index in [0.29, 0.717) is 32.4 Å². The van der Waals surface area contributed by atoms with Gasteiger partial charge in [0.2, 0.25) is 15.9 Å². The highest BCUT2D eigenvalue weighted by Gasteiger charge is 2.44. The first-order chi connectivity index (χ1) is 10.9. The predicted octanol–water partition coefficient (Wildman–Crippen LogP) is 0.279. The predicted molar refractivity (Wildman–Crippen MR) is 83.9 cm³/mol. The Morgan fingerprint density at radius 2 is 2.22 bits per heavy atom. The number of nitrogens with one attached hydrogen (secondary N) is 1. The van der Waals surface area contributed by atoms with Crippen molar-refractivity contribution < 1.29 is 17.9 Å². The number of hydrogen-bond donors (Lipinski definition) is 1. The summed E-state index contributed by atoms with van der Waals surface area (Å²) in [5.41, 5.74) is 0.790. The molecule has 7 nitrogen and oxygen atoms in total. The van der Waals surface area contributed by atoms with Crippen molar-refractivity contribution in [3.8, 4) is 0 Å². The molecule has 1 N–H and O–H groups in total. The molecule has 0 saturated carbocycles. The summed E-state index contributed by atoms with van der Waals surface area (Å²) < 4.78 is 30.8. The Labute approximate surface area is 136 Å². The Morgan fingerprint density at radius 1 is 1.39 bits per heavy atom. The van der Waals surface area contributed by atoms with Crippen molar-refractivity contribution in [3.05, 3.63) is 30.1 Å². The number of amides is 1. The topological polar surface area (TPSA) is 88.6 Å². The highest BCUT2D eigenvalue weighted by atomic mass is 32.2. The minimum Gasteiger partial charge on any atom is -0.363 e. The van der Waals surface area contributed by atoms with Crippen molar-refractivity contribution in [1.29, 1.82) is 0 Å². The lowest BCUT2D eigenvalue weighted by Crippen LogP contribution is -2.48. The molecule has 8 heteroatoms. The van der Waals surface area contributed by atoms with Gasteiger partial charge in [-0.05, 0) is 31.4 Å². The molecule has 1 amide bonds. The van der Waals surface area contributed by atoms with Crippen LogP contribution >= 0.6 is 0 Å². The Morgan fingerprint density at radius 3 is 2.91 bits per heavy atom. The molecule has 0 spiro atoms. The molecular formula is C15H21N3O4S. The molecule has 0 unspecified atom stereocenters. The quantitative estimate of drug-likeness (QED) is 0.851. The second kappa shape index (κ2) is 6.54. The van der Waals surface area contributed by atoms with Crippen LogP contribution in [0.5, 0.6) is 0 Å². The molecular weight excluding hydrogens is 318 g/mol. The van der Waals surface area contributed by atoms with Crippen LogP contribution in [0.2, 0.25) is 0 Å². The van der Waals surface area contributed by atoms with Gasteiger partial charge in [-0.1, -0.05) is 6.07 Å². The van der Waals surface area contributed by atoms with E-state index >= 15 is 0 Å². The van der Waals surface area contributed by atoms with Crippen molar-refractivity contribution in [1.82, 2.24) is 14.6 Å². The van der Waals surface area contributed by atoms with Gasteiger partial charge in [-0.25, -0.2) is 8.42 Å². The van der Waals surface area contributed by atoms with Gasteiger partial charge in [0.15, 0.2) is 0 Å². The number of hydrogen-bond acceptors (Lipinski definition) is 5. The fourth-order valence-corrected chi connectivity index (χ4v) is 4.46. The molecule has 2 aliphatic rings. The van der Waals surface area contributed by atoms with E-state index in [1.54, 1.807) is 6.20 Å². The first kappa shape index (κ1) is 16.4. The monoisotopic (exact) mass is 339 g/mol. The third-order valence-corrected chi connectivity index (χ3v) is 5.69. The van der Waals surface area contributed by atoms with Crippen LogP contribution in [0.15, 0.2) is 24.4 Å². The molecule has 0 bridgehead atoms. The van der Waals surface area contributed by atoms with Gasteiger partial charge >= 0.3 is 0 Å². The molecule has 126 valence electrons. The number of sulfonamides is 1. The van der Waals surface area contributed by atoms with Crippen LogP contribution in [-0.4, -0.2) is 54.7 Å². The van der Waals surface area contributed by atoms with Gasteiger partial charge in [0, 0.05) is 12.7 Å². The maximum absolute atomic E-state index is 12.2. The van der Waals surface area contributed by atoms with Crippen molar-refractivity contribution in [3.63, 3.8) is 0 Å². The molecule has 1 aromatic heterocycles. The maximum atomic E-state index is 12.2. The van der Waals surface area contributed by atoms with E-state index in [-0.39, 0.29) is 18.1 Å². The molecule has 3 rings (SSSR count). The molecule has 0 aliphatic carbocycles. The number of aromatic nitrogens is 1. The first-order valence-corrected chi connectivity index (χ1v) is 9.60. The number of nitrogens with zero attached hydrogens (tertiary/aromatic N) is 2. The Kier molecular flexibility index (Phi) is 4.65. The molecule has 23 heavy (non-hydrogen) atoms. The minimum atomic E-state index is -3.21. The molecule has 2 fully saturated rings. The fraction of sp³-hybridized carbons (Fsp3) is 0.600. The highest BCUT2D eigenvalue weighted by molar-refractivity contribution is 7.88. The van der Waals surface area contributed by atoms with Crippen LogP contribution in [0.1, 0.15) is 25.0 Å². The van der Waals surface area contributed by atoms with E-state index in [4.69, 9.17) is 4.74 Å². The van der Waals surface area contributed by atoms with E-state index in [9.17, 15) is 13.2 Å². The Bertz CT molecular complexity index is 665. The van der Waals surface area contributed by atoms with E-state index in [0.717, 1.165) is 5.69 Å². The summed E-state index contributed by atoms with van der Waals surface area (Å²) in [6.45, 7) is 0.833. The summed E-state index contributed by atoms with van der Waals surface area (Å²) in [5, 5.41) is 2.83. The van der Waals surface area contributed by atoms with Crippen LogP contribution < -0.4 is 5.32 Å². The lowest BCUT2D eigenvalue weighted by Gasteiger charge is -2.34. The number of carbonyl (C=O) groups is 1. The van der Waals surface area contributed by atoms with Gasteiger partial charge in [0.25, 0.3) is 0 Å². The molecule has 3 atom stereocenters. The summed E-state index contributed by atoms with van der Waals surface area (Å²) in [6.07, 6.45) is 4.02. The molecule has 0 aromatic carbocycles. The number of carbonyl (C=O) groups excluding carboxylic acids is 1. The van der Waals surface area contributed by atoms with Crippen molar-refractivity contribution >= 4 is 15.9 Å². The smallest absolute Gasteiger partial charge is 0.249 e. The number of pyridine rings is 1. The average molecular weight is 339 g/mol. The Balaban J connectivity index is 1.55. The van der Waals surface area contributed by atoms with Crippen LogP contribution in [0, 0.1) is 0 Å². The average Bonchev–Trinajstić information content (AvgIpc) is 2.96. The number of rotatable bonds is 4. The lowest BCUT2D eigenvalue weighted by atomic mass is 9.99. The largest absolute Gasteiger partial charge is 0.363 e.